The Hall–Kier alpha value is -1.66. The molecule has 1 saturated heterocycles. The third-order valence-electron chi connectivity index (χ3n) is 4.76. The molecular weight excluding hydrogens is 310 g/mol. The van der Waals surface area contributed by atoms with Gasteiger partial charge in [0.25, 0.3) is 0 Å². The van der Waals surface area contributed by atoms with Crippen LogP contribution in [0.4, 0.5) is 5.13 Å². The minimum atomic E-state index is -0.965. The van der Waals surface area contributed by atoms with E-state index in [4.69, 9.17) is 10.8 Å². The number of carboxylic acids is 1. The highest BCUT2D eigenvalue weighted by atomic mass is 32.1. The molecule has 0 spiro atoms. The second-order valence-electron chi connectivity index (χ2n) is 6.44. The largest absolute Gasteiger partial charge is 0.476 e. The molecule has 3 N–H and O–H groups in total. The molecule has 5 nitrogen and oxygen atoms in total. The molecule has 0 saturated carbocycles. The molecule has 1 aliphatic carbocycles. The number of carboxylic acid groups (broad SMARTS) is 1. The van der Waals surface area contributed by atoms with Crippen LogP contribution in [0.15, 0.2) is 29.2 Å². The van der Waals surface area contributed by atoms with E-state index in [1.807, 2.05) is 0 Å². The monoisotopic (exact) mass is 333 g/mol. The van der Waals surface area contributed by atoms with Crippen molar-refractivity contribution < 1.29 is 9.90 Å². The van der Waals surface area contributed by atoms with E-state index in [-0.39, 0.29) is 5.69 Å². The summed E-state index contributed by atoms with van der Waals surface area (Å²) in [6.07, 6.45) is 8.96. The van der Waals surface area contributed by atoms with Crippen LogP contribution in [0, 0.1) is 17.8 Å². The van der Waals surface area contributed by atoms with Crippen molar-refractivity contribution in [2.45, 2.75) is 19.8 Å². The van der Waals surface area contributed by atoms with Gasteiger partial charge in [-0.2, -0.15) is 0 Å². The quantitative estimate of drug-likeness (QED) is 0.886. The van der Waals surface area contributed by atoms with Crippen LogP contribution >= 0.6 is 11.3 Å². The third kappa shape index (κ3) is 3.48. The maximum atomic E-state index is 11.0. The number of nitrogens with zero attached hydrogens (tertiary/aromatic N) is 2. The highest BCUT2D eigenvalue weighted by molar-refractivity contribution is 7.13. The number of anilines is 1. The molecule has 1 aromatic rings. The standard InChI is InChI=1S/C17H23N3O2S/c1-11-3-2-4-12(7-11)14-9-20(6-5-13(14)8-18)17-19-15(10-23-17)16(21)22/h2,4,7,10-11,13-14H,3,5-6,8-9,18H2,1H3,(H,21,22). The Bertz CT molecular complexity index is 638. The zero-order chi connectivity index (χ0) is 16.4. The molecule has 6 heteroatoms. The summed E-state index contributed by atoms with van der Waals surface area (Å²) in [5.74, 6) is 0.478. The van der Waals surface area contributed by atoms with Crippen molar-refractivity contribution in [3.8, 4) is 0 Å². The minimum absolute atomic E-state index is 0.132. The van der Waals surface area contributed by atoms with Crippen molar-refractivity contribution in [1.82, 2.24) is 4.98 Å². The first-order chi connectivity index (χ1) is 11.1. The molecule has 0 bridgehead atoms. The lowest BCUT2D eigenvalue weighted by atomic mass is 9.78. The van der Waals surface area contributed by atoms with Gasteiger partial charge in [0.15, 0.2) is 10.8 Å². The molecule has 23 heavy (non-hydrogen) atoms. The third-order valence-corrected chi connectivity index (χ3v) is 5.67. The first kappa shape index (κ1) is 16.2. The molecule has 1 aliphatic heterocycles. The lowest BCUT2D eigenvalue weighted by molar-refractivity contribution is 0.0691. The zero-order valence-electron chi connectivity index (χ0n) is 13.3. The second-order valence-corrected chi connectivity index (χ2v) is 7.28. The lowest BCUT2D eigenvalue weighted by Crippen LogP contribution is -2.43. The van der Waals surface area contributed by atoms with Crippen molar-refractivity contribution in [1.29, 1.82) is 0 Å². The predicted molar refractivity (Wildman–Crippen MR) is 92.9 cm³/mol. The van der Waals surface area contributed by atoms with Crippen LogP contribution in [0.25, 0.3) is 0 Å². The Morgan fingerprint density at radius 1 is 1.57 bits per heavy atom. The van der Waals surface area contributed by atoms with Crippen LogP contribution in [-0.2, 0) is 0 Å². The summed E-state index contributed by atoms with van der Waals surface area (Å²) in [5, 5.41) is 11.5. The molecule has 3 rings (SSSR count). The number of hydrogen-bond acceptors (Lipinski definition) is 5. The van der Waals surface area contributed by atoms with Gasteiger partial charge in [-0.1, -0.05) is 25.2 Å². The Kier molecular flexibility index (Phi) is 4.82. The van der Waals surface area contributed by atoms with E-state index >= 15 is 0 Å². The normalized spacial score (nSPS) is 27.8. The molecule has 124 valence electrons. The van der Waals surface area contributed by atoms with Gasteiger partial charge in [-0.05, 0) is 36.8 Å². The van der Waals surface area contributed by atoms with Crippen LogP contribution in [0.1, 0.15) is 30.3 Å². The van der Waals surface area contributed by atoms with Gasteiger partial charge in [0.2, 0.25) is 0 Å². The highest BCUT2D eigenvalue weighted by Crippen LogP contribution is 2.35. The molecular formula is C17H23N3O2S. The Labute approximate surface area is 140 Å². The van der Waals surface area contributed by atoms with E-state index in [9.17, 15) is 4.79 Å². The van der Waals surface area contributed by atoms with Gasteiger partial charge in [0.05, 0.1) is 0 Å². The molecule has 2 aliphatic rings. The maximum Gasteiger partial charge on any atom is 0.355 e. The van der Waals surface area contributed by atoms with Crippen LogP contribution in [0.2, 0.25) is 0 Å². The van der Waals surface area contributed by atoms with E-state index in [0.29, 0.717) is 24.3 Å². The van der Waals surface area contributed by atoms with Crippen molar-refractivity contribution in [2.24, 2.45) is 23.5 Å². The number of allylic oxidation sites excluding steroid dienone is 3. The van der Waals surface area contributed by atoms with Crippen LogP contribution in [-0.4, -0.2) is 35.7 Å². The Morgan fingerprint density at radius 2 is 2.39 bits per heavy atom. The number of rotatable bonds is 4. The van der Waals surface area contributed by atoms with Crippen LogP contribution in [0.3, 0.4) is 0 Å². The number of carbonyl (C=O) groups is 1. The predicted octanol–water partition coefficient (Wildman–Crippen LogP) is 2.76. The van der Waals surface area contributed by atoms with Crippen molar-refractivity contribution >= 4 is 22.4 Å². The lowest BCUT2D eigenvalue weighted by Gasteiger charge is -2.39. The Morgan fingerprint density at radius 3 is 3.04 bits per heavy atom. The number of thiazole rings is 1. The van der Waals surface area contributed by atoms with Gasteiger partial charge >= 0.3 is 5.97 Å². The van der Waals surface area contributed by atoms with E-state index in [1.165, 1.54) is 16.9 Å². The van der Waals surface area contributed by atoms with Crippen LogP contribution < -0.4 is 10.6 Å². The highest BCUT2D eigenvalue weighted by Gasteiger charge is 2.32. The first-order valence-electron chi connectivity index (χ1n) is 8.10. The number of piperidine rings is 1. The molecule has 0 aromatic carbocycles. The summed E-state index contributed by atoms with van der Waals surface area (Å²) in [7, 11) is 0. The summed E-state index contributed by atoms with van der Waals surface area (Å²) in [4.78, 5) is 17.5. The molecule has 3 atom stereocenters. The van der Waals surface area contributed by atoms with Gasteiger partial charge in [0, 0.05) is 24.4 Å². The second kappa shape index (κ2) is 6.84. The number of nitrogens with two attached hydrogens (primary N) is 1. The van der Waals surface area contributed by atoms with Gasteiger partial charge in [0.1, 0.15) is 0 Å². The van der Waals surface area contributed by atoms with Crippen molar-refractivity contribution in [3.05, 3.63) is 34.9 Å². The molecule has 0 amide bonds. The number of aromatic nitrogens is 1. The average Bonchev–Trinajstić information content (AvgIpc) is 3.04. The average molecular weight is 333 g/mol. The first-order valence-corrected chi connectivity index (χ1v) is 8.98. The summed E-state index contributed by atoms with van der Waals surface area (Å²) < 4.78 is 0. The molecule has 1 fully saturated rings. The summed E-state index contributed by atoms with van der Waals surface area (Å²) >= 11 is 1.41. The van der Waals surface area contributed by atoms with Gasteiger partial charge in [-0.15, -0.1) is 11.3 Å². The SMILES string of the molecule is CC1C=C(C2CN(c3nc(C(=O)O)cs3)CCC2CN)C=CC1. The topological polar surface area (TPSA) is 79.5 Å². The Balaban J connectivity index is 1.80. The van der Waals surface area contributed by atoms with Crippen molar-refractivity contribution in [2.75, 3.05) is 24.5 Å². The summed E-state index contributed by atoms with van der Waals surface area (Å²) in [5.41, 5.74) is 7.51. The molecule has 2 heterocycles. The van der Waals surface area contributed by atoms with E-state index in [0.717, 1.165) is 31.1 Å². The maximum absolute atomic E-state index is 11.0. The summed E-state index contributed by atoms with van der Waals surface area (Å²) in [6.45, 7) is 4.67. The molecule has 3 unspecified atom stereocenters. The number of hydrogen-bond donors (Lipinski definition) is 2. The zero-order valence-corrected chi connectivity index (χ0v) is 14.1. The van der Waals surface area contributed by atoms with Gasteiger partial charge < -0.3 is 15.7 Å². The number of aromatic carboxylic acids is 1. The summed E-state index contributed by atoms with van der Waals surface area (Å²) in [6, 6.07) is 0. The van der Waals surface area contributed by atoms with Gasteiger partial charge in [-0.3, -0.25) is 0 Å². The smallest absolute Gasteiger partial charge is 0.355 e. The van der Waals surface area contributed by atoms with E-state index in [1.54, 1.807) is 5.38 Å². The van der Waals surface area contributed by atoms with Crippen molar-refractivity contribution in [3.63, 3.8) is 0 Å². The fourth-order valence-electron chi connectivity index (χ4n) is 3.46. The molecule has 0 radical (unpaired) electrons. The molecule has 1 aromatic heterocycles. The van der Waals surface area contributed by atoms with E-state index < -0.39 is 5.97 Å². The fraction of sp³-hybridized carbons (Fsp3) is 0.529. The minimum Gasteiger partial charge on any atom is -0.476 e. The fourth-order valence-corrected chi connectivity index (χ4v) is 4.30. The van der Waals surface area contributed by atoms with Crippen LogP contribution in [0.5, 0.6) is 0 Å². The van der Waals surface area contributed by atoms with Gasteiger partial charge in [-0.25, -0.2) is 9.78 Å². The van der Waals surface area contributed by atoms with E-state index in [2.05, 4.69) is 35.0 Å².